The minimum atomic E-state index is -0.738. The van der Waals surface area contributed by atoms with Crippen molar-refractivity contribution >= 4 is 23.6 Å². The molecule has 7 heteroatoms. The monoisotopic (exact) mass is 428 g/mol. The normalized spacial score (nSPS) is 18.7. The number of amides is 1. The summed E-state index contributed by atoms with van der Waals surface area (Å²) in [5.41, 5.74) is 0.264. The lowest BCUT2D eigenvalue weighted by molar-refractivity contribution is -0.160. The second kappa shape index (κ2) is 10.5. The standard InChI is InChI=1S/C23H28N2O4S/c1-3-29-22(27)23(15-18-6-4-7-19(14-18)28-2)10-5-13-25(17-23)21(26)16-30-20-8-11-24-12-9-20/h4,6-9,11-12,14H,3,5,10,13,15-17H2,1-2H3. The van der Waals surface area contributed by atoms with E-state index in [4.69, 9.17) is 9.47 Å². The first-order valence-electron chi connectivity index (χ1n) is 10.2. The fourth-order valence-corrected chi connectivity index (χ4v) is 4.64. The van der Waals surface area contributed by atoms with Gasteiger partial charge in [0.05, 0.1) is 24.9 Å². The van der Waals surface area contributed by atoms with Gasteiger partial charge < -0.3 is 14.4 Å². The van der Waals surface area contributed by atoms with Crippen LogP contribution in [0.25, 0.3) is 0 Å². The van der Waals surface area contributed by atoms with Gasteiger partial charge in [0, 0.05) is 30.4 Å². The third-order valence-electron chi connectivity index (χ3n) is 5.33. The van der Waals surface area contributed by atoms with Crippen LogP contribution < -0.4 is 4.74 Å². The van der Waals surface area contributed by atoms with Gasteiger partial charge in [0.25, 0.3) is 0 Å². The maximum atomic E-state index is 13.0. The smallest absolute Gasteiger partial charge is 0.314 e. The minimum absolute atomic E-state index is 0.0378. The maximum absolute atomic E-state index is 13.0. The topological polar surface area (TPSA) is 68.7 Å². The number of benzene rings is 1. The zero-order valence-corrected chi connectivity index (χ0v) is 18.3. The van der Waals surface area contributed by atoms with Crippen molar-refractivity contribution in [2.75, 3.05) is 32.6 Å². The highest BCUT2D eigenvalue weighted by molar-refractivity contribution is 8.00. The molecule has 1 atom stereocenters. The third kappa shape index (κ3) is 5.53. The fraction of sp³-hybridized carbons (Fsp3) is 0.435. The molecule has 0 radical (unpaired) electrons. The first-order valence-corrected chi connectivity index (χ1v) is 11.2. The predicted molar refractivity (Wildman–Crippen MR) is 117 cm³/mol. The molecule has 0 spiro atoms. The first kappa shape index (κ1) is 22.2. The number of carbonyl (C=O) groups excluding carboxylic acids is 2. The van der Waals surface area contributed by atoms with Crippen molar-refractivity contribution in [2.24, 2.45) is 5.41 Å². The second-order valence-electron chi connectivity index (χ2n) is 7.42. The Kier molecular flexibility index (Phi) is 7.74. The van der Waals surface area contributed by atoms with Crippen molar-refractivity contribution < 1.29 is 19.1 Å². The molecule has 0 saturated carbocycles. The number of likely N-dealkylation sites (tertiary alicyclic amines) is 1. The summed E-state index contributed by atoms with van der Waals surface area (Å²) < 4.78 is 10.8. The molecule has 30 heavy (non-hydrogen) atoms. The molecule has 1 aromatic carbocycles. The summed E-state index contributed by atoms with van der Waals surface area (Å²) >= 11 is 1.49. The van der Waals surface area contributed by atoms with Gasteiger partial charge in [0.2, 0.25) is 5.91 Å². The summed E-state index contributed by atoms with van der Waals surface area (Å²) in [6.07, 6.45) is 5.42. The van der Waals surface area contributed by atoms with Gasteiger partial charge in [-0.3, -0.25) is 14.6 Å². The maximum Gasteiger partial charge on any atom is 0.314 e. The van der Waals surface area contributed by atoms with Crippen LogP contribution >= 0.6 is 11.8 Å². The SMILES string of the molecule is CCOC(=O)C1(Cc2cccc(OC)c2)CCCN(C(=O)CSc2ccncc2)C1. The van der Waals surface area contributed by atoms with Crippen LogP contribution in [0, 0.1) is 5.41 Å². The Bertz CT molecular complexity index is 861. The van der Waals surface area contributed by atoms with E-state index in [1.54, 1.807) is 19.5 Å². The van der Waals surface area contributed by atoms with Gasteiger partial charge in [-0.05, 0) is 56.0 Å². The zero-order chi connectivity index (χ0) is 21.4. The highest BCUT2D eigenvalue weighted by atomic mass is 32.2. The van der Waals surface area contributed by atoms with Crippen LogP contribution in [-0.4, -0.2) is 54.3 Å². The van der Waals surface area contributed by atoms with Crippen LogP contribution in [0.15, 0.2) is 53.7 Å². The van der Waals surface area contributed by atoms with Gasteiger partial charge in [0.15, 0.2) is 0 Å². The van der Waals surface area contributed by atoms with Gasteiger partial charge >= 0.3 is 5.97 Å². The number of piperidine rings is 1. The largest absolute Gasteiger partial charge is 0.497 e. The Labute approximate surface area is 182 Å². The zero-order valence-electron chi connectivity index (χ0n) is 17.5. The van der Waals surface area contributed by atoms with Crippen molar-refractivity contribution in [3.63, 3.8) is 0 Å². The second-order valence-corrected chi connectivity index (χ2v) is 8.47. The third-order valence-corrected chi connectivity index (χ3v) is 6.32. The minimum Gasteiger partial charge on any atom is -0.497 e. The van der Waals surface area contributed by atoms with Gasteiger partial charge in [-0.25, -0.2) is 0 Å². The number of ether oxygens (including phenoxy) is 2. The number of hydrogen-bond donors (Lipinski definition) is 0. The number of rotatable bonds is 8. The molecule has 1 aliphatic rings. The first-order chi connectivity index (χ1) is 14.6. The summed E-state index contributed by atoms with van der Waals surface area (Å²) in [6.45, 7) is 3.17. The molecule has 2 heterocycles. The number of pyridine rings is 1. The van der Waals surface area contributed by atoms with E-state index >= 15 is 0 Å². The van der Waals surface area contributed by atoms with Gasteiger partial charge in [-0.2, -0.15) is 0 Å². The van der Waals surface area contributed by atoms with Crippen molar-refractivity contribution in [3.05, 3.63) is 54.4 Å². The van der Waals surface area contributed by atoms with Gasteiger partial charge in [-0.1, -0.05) is 12.1 Å². The fourth-order valence-electron chi connectivity index (χ4n) is 3.86. The molecule has 6 nitrogen and oxygen atoms in total. The number of thioether (sulfide) groups is 1. The lowest BCUT2D eigenvalue weighted by Gasteiger charge is -2.41. The Balaban J connectivity index is 1.75. The number of carbonyl (C=O) groups is 2. The summed E-state index contributed by atoms with van der Waals surface area (Å²) in [5, 5.41) is 0. The number of methoxy groups -OCH3 is 1. The molecule has 160 valence electrons. The molecule has 1 fully saturated rings. The van der Waals surface area contributed by atoms with Crippen molar-refractivity contribution in [1.82, 2.24) is 9.88 Å². The van der Waals surface area contributed by atoms with Crippen LogP contribution in [0.5, 0.6) is 5.75 Å². The van der Waals surface area contributed by atoms with E-state index in [0.29, 0.717) is 38.3 Å². The van der Waals surface area contributed by atoms with Crippen LogP contribution in [0.1, 0.15) is 25.3 Å². The average Bonchev–Trinajstić information content (AvgIpc) is 2.78. The van der Waals surface area contributed by atoms with Crippen LogP contribution in [0.3, 0.4) is 0 Å². The molecule has 1 saturated heterocycles. The Morgan fingerprint density at radius 3 is 2.77 bits per heavy atom. The quantitative estimate of drug-likeness (QED) is 0.473. The lowest BCUT2D eigenvalue weighted by atomic mass is 9.75. The Morgan fingerprint density at radius 1 is 1.23 bits per heavy atom. The van der Waals surface area contributed by atoms with Crippen molar-refractivity contribution in [3.8, 4) is 5.75 Å². The summed E-state index contributed by atoms with van der Waals surface area (Å²) in [7, 11) is 1.63. The molecule has 3 rings (SSSR count). The molecule has 1 amide bonds. The number of aromatic nitrogens is 1. The highest BCUT2D eigenvalue weighted by Crippen LogP contribution is 2.36. The molecule has 2 aromatic rings. The summed E-state index contributed by atoms with van der Waals surface area (Å²) in [5.74, 6) is 0.897. The molecule has 0 bridgehead atoms. The van der Waals surface area contributed by atoms with Gasteiger partial charge in [0.1, 0.15) is 5.75 Å². The van der Waals surface area contributed by atoms with E-state index in [-0.39, 0.29) is 11.9 Å². The Morgan fingerprint density at radius 2 is 2.03 bits per heavy atom. The Hall–Kier alpha value is -2.54. The molecule has 1 aliphatic heterocycles. The van der Waals surface area contributed by atoms with E-state index in [1.165, 1.54) is 11.8 Å². The van der Waals surface area contributed by atoms with E-state index in [9.17, 15) is 9.59 Å². The highest BCUT2D eigenvalue weighted by Gasteiger charge is 2.44. The van der Waals surface area contributed by atoms with E-state index in [0.717, 1.165) is 22.6 Å². The van der Waals surface area contributed by atoms with E-state index in [1.807, 2.05) is 48.2 Å². The van der Waals surface area contributed by atoms with Crippen molar-refractivity contribution in [1.29, 1.82) is 0 Å². The van der Waals surface area contributed by atoms with E-state index in [2.05, 4.69) is 4.98 Å². The van der Waals surface area contributed by atoms with Crippen LogP contribution in [0.2, 0.25) is 0 Å². The lowest BCUT2D eigenvalue weighted by Crippen LogP contribution is -2.52. The molecule has 0 aliphatic carbocycles. The van der Waals surface area contributed by atoms with E-state index < -0.39 is 5.41 Å². The van der Waals surface area contributed by atoms with Gasteiger partial charge in [-0.15, -0.1) is 11.8 Å². The number of nitrogens with zero attached hydrogens (tertiary/aromatic N) is 2. The van der Waals surface area contributed by atoms with Crippen molar-refractivity contribution in [2.45, 2.75) is 31.1 Å². The average molecular weight is 429 g/mol. The predicted octanol–water partition coefficient (Wildman–Crippen LogP) is 3.60. The molecule has 1 aromatic heterocycles. The number of hydrogen-bond acceptors (Lipinski definition) is 6. The molecular weight excluding hydrogens is 400 g/mol. The van der Waals surface area contributed by atoms with Crippen LogP contribution in [0.4, 0.5) is 0 Å². The van der Waals surface area contributed by atoms with Crippen LogP contribution in [-0.2, 0) is 20.7 Å². The molecule has 1 unspecified atom stereocenters. The number of esters is 1. The molecule has 0 N–H and O–H groups in total. The molecular formula is C23H28N2O4S. The summed E-state index contributed by atoms with van der Waals surface area (Å²) in [6, 6.07) is 11.5. The summed E-state index contributed by atoms with van der Waals surface area (Å²) in [4.78, 5) is 32.8.